The molecule has 1 aromatic carbocycles. The lowest BCUT2D eigenvalue weighted by atomic mass is 10.0. The average molecular weight is 235 g/mol. The highest BCUT2D eigenvalue weighted by Crippen LogP contribution is 2.29. The number of nitrogens with two attached hydrogens (primary N) is 1. The molecule has 0 unspecified atom stereocenters. The van der Waals surface area contributed by atoms with Gasteiger partial charge in [-0.05, 0) is 0 Å². The summed E-state index contributed by atoms with van der Waals surface area (Å²) in [5.74, 6) is 0.132. The number of nitrogens with zero attached hydrogens (tertiary/aromatic N) is 2. The van der Waals surface area contributed by atoms with Gasteiger partial charge in [0, 0.05) is 30.8 Å². The van der Waals surface area contributed by atoms with Crippen molar-refractivity contribution in [2.24, 2.45) is 7.05 Å². The van der Waals surface area contributed by atoms with Gasteiger partial charge in [-0.15, -0.1) is 0 Å². The molecule has 0 fully saturated rings. The van der Waals surface area contributed by atoms with Crippen molar-refractivity contribution >= 4 is 5.82 Å². The number of ether oxygens (including phenoxy) is 1. The van der Waals surface area contributed by atoms with Crippen molar-refractivity contribution in [2.75, 3.05) is 12.8 Å². The van der Waals surface area contributed by atoms with Crippen molar-refractivity contribution in [3.8, 4) is 11.1 Å². The Morgan fingerprint density at radius 1 is 1.41 bits per heavy atom. The highest BCUT2D eigenvalue weighted by atomic mass is 19.1. The molecular formula is C12H14FN3O. The zero-order chi connectivity index (χ0) is 12.4. The van der Waals surface area contributed by atoms with E-state index in [0.717, 1.165) is 0 Å². The molecule has 0 aliphatic rings. The lowest BCUT2D eigenvalue weighted by Crippen LogP contribution is -2.00. The van der Waals surface area contributed by atoms with Gasteiger partial charge in [0.1, 0.15) is 11.6 Å². The monoisotopic (exact) mass is 235 g/mol. The molecule has 1 aromatic heterocycles. The predicted molar refractivity (Wildman–Crippen MR) is 63.7 cm³/mol. The van der Waals surface area contributed by atoms with Gasteiger partial charge in [-0.3, -0.25) is 4.68 Å². The van der Waals surface area contributed by atoms with E-state index in [2.05, 4.69) is 5.10 Å². The van der Waals surface area contributed by atoms with Crippen LogP contribution in [0.2, 0.25) is 0 Å². The molecule has 17 heavy (non-hydrogen) atoms. The highest BCUT2D eigenvalue weighted by Gasteiger charge is 2.14. The van der Waals surface area contributed by atoms with Crippen molar-refractivity contribution < 1.29 is 9.13 Å². The van der Waals surface area contributed by atoms with Crippen LogP contribution in [0.4, 0.5) is 10.2 Å². The summed E-state index contributed by atoms with van der Waals surface area (Å²) in [6.07, 6.45) is 1.56. The lowest BCUT2D eigenvalue weighted by molar-refractivity contribution is 0.181. The first-order valence-corrected chi connectivity index (χ1v) is 5.19. The first-order valence-electron chi connectivity index (χ1n) is 5.19. The minimum atomic E-state index is -0.311. The zero-order valence-electron chi connectivity index (χ0n) is 9.77. The summed E-state index contributed by atoms with van der Waals surface area (Å²) in [4.78, 5) is 0. The van der Waals surface area contributed by atoms with Crippen LogP contribution in [-0.2, 0) is 18.4 Å². The first kappa shape index (κ1) is 11.6. The van der Waals surface area contributed by atoms with E-state index < -0.39 is 0 Å². The Balaban J connectivity index is 2.52. The molecule has 0 spiro atoms. The van der Waals surface area contributed by atoms with Crippen molar-refractivity contribution in [1.29, 1.82) is 0 Å². The Morgan fingerprint density at radius 3 is 2.76 bits per heavy atom. The summed E-state index contributed by atoms with van der Waals surface area (Å²) in [7, 11) is 3.25. The molecule has 4 nitrogen and oxygen atoms in total. The second kappa shape index (κ2) is 4.55. The van der Waals surface area contributed by atoms with E-state index in [1.807, 2.05) is 0 Å². The molecule has 2 N–H and O–H groups in total. The van der Waals surface area contributed by atoms with E-state index in [9.17, 15) is 4.39 Å². The smallest absolute Gasteiger partial charge is 0.136 e. The molecule has 0 atom stereocenters. The predicted octanol–water partition coefficient (Wildman–Crippen LogP) is 1.95. The van der Waals surface area contributed by atoms with E-state index >= 15 is 0 Å². The molecule has 0 radical (unpaired) electrons. The van der Waals surface area contributed by atoms with Gasteiger partial charge in [0.2, 0.25) is 0 Å². The SMILES string of the molecule is COCc1cccc(-c2cnn(C)c2N)c1F. The fraction of sp³-hybridized carbons (Fsp3) is 0.250. The largest absolute Gasteiger partial charge is 0.383 e. The van der Waals surface area contributed by atoms with Crippen LogP contribution < -0.4 is 5.73 Å². The quantitative estimate of drug-likeness (QED) is 0.884. The van der Waals surface area contributed by atoms with Gasteiger partial charge in [0.05, 0.1) is 12.8 Å². The number of aryl methyl sites for hydroxylation is 1. The number of anilines is 1. The Morgan fingerprint density at radius 2 is 2.18 bits per heavy atom. The van der Waals surface area contributed by atoms with Gasteiger partial charge in [0.25, 0.3) is 0 Å². The normalized spacial score (nSPS) is 10.8. The standard InChI is InChI=1S/C12H14FN3O/c1-16-12(14)10(6-15-16)9-5-3-4-8(7-17-2)11(9)13/h3-6H,7,14H2,1-2H3. The Hall–Kier alpha value is -1.88. The summed E-state index contributed by atoms with van der Waals surface area (Å²) in [5.41, 5.74) is 7.39. The maximum absolute atomic E-state index is 14.2. The Bertz CT molecular complexity index is 537. The average Bonchev–Trinajstić information content (AvgIpc) is 2.64. The first-order chi connectivity index (χ1) is 8.15. The minimum absolute atomic E-state index is 0.236. The zero-order valence-corrected chi connectivity index (χ0v) is 9.77. The highest BCUT2D eigenvalue weighted by molar-refractivity contribution is 5.74. The number of halogens is 1. The molecule has 0 aliphatic carbocycles. The number of rotatable bonds is 3. The van der Waals surface area contributed by atoms with E-state index in [-0.39, 0.29) is 12.4 Å². The van der Waals surface area contributed by atoms with Gasteiger partial charge >= 0.3 is 0 Å². The van der Waals surface area contributed by atoms with Crippen LogP contribution in [0.25, 0.3) is 11.1 Å². The van der Waals surface area contributed by atoms with Crippen LogP contribution in [-0.4, -0.2) is 16.9 Å². The number of hydrogen-bond acceptors (Lipinski definition) is 3. The maximum Gasteiger partial charge on any atom is 0.136 e. The second-order valence-electron chi connectivity index (χ2n) is 3.78. The number of hydrogen-bond donors (Lipinski definition) is 1. The third kappa shape index (κ3) is 2.01. The van der Waals surface area contributed by atoms with Crippen molar-refractivity contribution in [1.82, 2.24) is 9.78 Å². The molecule has 1 heterocycles. The van der Waals surface area contributed by atoms with Gasteiger partial charge < -0.3 is 10.5 Å². The molecule has 0 saturated heterocycles. The number of aromatic nitrogens is 2. The van der Waals surface area contributed by atoms with Gasteiger partial charge in [-0.25, -0.2) is 4.39 Å². The van der Waals surface area contributed by atoms with Crippen molar-refractivity contribution in [3.05, 3.63) is 35.8 Å². The molecule has 2 aromatic rings. The number of nitrogen functional groups attached to an aromatic ring is 1. The summed E-state index contributed by atoms with van der Waals surface area (Å²) in [5, 5.41) is 4.00. The Labute approximate surface area is 98.8 Å². The fourth-order valence-electron chi connectivity index (χ4n) is 1.71. The van der Waals surface area contributed by atoms with Crippen LogP contribution in [0, 0.1) is 5.82 Å². The molecular weight excluding hydrogens is 221 g/mol. The fourth-order valence-corrected chi connectivity index (χ4v) is 1.71. The number of benzene rings is 1. The Kier molecular flexibility index (Phi) is 3.10. The molecule has 0 saturated carbocycles. The summed E-state index contributed by atoms with van der Waals surface area (Å²) >= 11 is 0. The molecule has 0 aliphatic heterocycles. The topological polar surface area (TPSA) is 53.1 Å². The molecule has 2 rings (SSSR count). The van der Waals surface area contributed by atoms with Crippen LogP contribution >= 0.6 is 0 Å². The van der Waals surface area contributed by atoms with Crippen molar-refractivity contribution in [3.63, 3.8) is 0 Å². The molecule has 90 valence electrons. The third-order valence-corrected chi connectivity index (χ3v) is 2.65. The second-order valence-corrected chi connectivity index (χ2v) is 3.78. The number of methoxy groups -OCH3 is 1. The van der Waals surface area contributed by atoms with E-state index in [0.29, 0.717) is 22.5 Å². The third-order valence-electron chi connectivity index (χ3n) is 2.65. The van der Waals surface area contributed by atoms with Gasteiger partial charge in [0.15, 0.2) is 0 Å². The van der Waals surface area contributed by atoms with E-state index in [1.54, 1.807) is 31.4 Å². The molecule has 0 amide bonds. The van der Waals surface area contributed by atoms with E-state index in [4.69, 9.17) is 10.5 Å². The summed E-state index contributed by atoms with van der Waals surface area (Å²) in [6.45, 7) is 0.236. The summed E-state index contributed by atoms with van der Waals surface area (Å²) < 4.78 is 20.6. The van der Waals surface area contributed by atoms with Crippen molar-refractivity contribution in [2.45, 2.75) is 6.61 Å². The van der Waals surface area contributed by atoms with Crippen LogP contribution in [0.5, 0.6) is 0 Å². The minimum Gasteiger partial charge on any atom is -0.383 e. The van der Waals surface area contributed by atoms with Crippen LogP contribution in [0.15, 0.2) is 24.4 Å². The van der Waals surface area contributed by atoms with Gasteiger partial charge in [-0.1, -0.05) is 18.2 Å². The van der Waals surface area contributed by atoms with Crippen LogP contribution in [0.1, 0.15) is 5.56 Å². The molecule has 5 heteroatoms. The summed E-state index contributed by atoms with van der Waals surface area (Å²) in [6, 6.07) is 5.15. The maximum atomic E-state index is 14.2. The molecule has 0 bridgehead atoms. The van der Waals surface area contributed by atoms with E-state index in [1.165, 1.54) is 11.8 Å². The van der Waals surface area contributed by atoms with Gasteiger partial charge in [-0.2, -0.15) is 5.10 Å². The lowest BCUT2D eigenvalue weighted by Gasteiger charge is -2.07. The van der Waals surface area contributed by atoms with Crippen LogP contribution in [0.3, 0.4) is 0 Å².